The minimum absolute atomic E-state index is 0.0541. The normalized spacial score (nSPS) is 15.9. The van der Waals surface area contributed by atoms with Gasteiger partial charge in [-0.2, -0.15) is 10.1 Å². The molecule has 0 saturated heterocycles. The maximum atomic E-state index is 10.9. The summed E-state index contributed by atoms with van der Waals surface area (Å²) in [5.74, 6) is 0.607. The van der Waals surface area contributed by atoms with Gasteiger partial charge in [0.1, 0.15) is 12.4 Å². The maximum Gasteiger partial charge on any atom is 0.269 e. The summed E-state index contributed by atoms with van der Waals surface area (Å²) in [6.45, 7) is 0. The highest BCUT2D eigenvalue weighted by atomic mass is 35.5. The molecule has 0 aliphatic carbocycles. The fourth-order valence-corrected chi connectivity index (χ4v) is 2.89. The molecule has 2 aromatic carbocycles. The average Bonchev–Trinajstić information content (AvgIpc) is 3.10. The van der Waals surface area contributed by atoms with E-state index in [1.54, 1.807) is 16.8 Å². The largest absolute Gasteiger partial charge is 0.324 e. The number of halogens is 1. The molecule has 7 nitrogen and oxygen atoms in total. The molecule has 25 heavy (non-hydrogen) atoms. The van der Waals surface area contributed by atoms with Gasteiger partial charge in [-0.1, -0.05) is 23.7 Å². The number of hydrogen-bond donors (Lipinski definition) is 1. The first-order chi connectivity index (χ1) is 12.1. The van der Waals surface area contributed by atoms with Crippen LogP contribution >= 0.6 is 11.6 Å². The molecule has 1 N–H and O–H groups in total. The van der Waals surface area contributed by atoms with E-state index in [4.69, 9.17) is 11.6 Å². The number of aromatic nitrogens is 3. The van der Waals surface area contributed by atoms with Crippen LogP contribution in [0.2, 0.25) is 5.02 Å². The van der Waals surface area contributed by atoms with E-state index in [9.17, 15) is 10.1 Å². The Morgan fingerprint density at radius 3 is 2.52 bits per heavy atom. The SMILES string of the molecule is O=[N+]([O-])c1ccc(C2C=C(c3ccc(Cl)cc3)Nc3ncnn32)cc1. The molecule has 4 rings (SSSR count). The number of allylic oxidation sites excluding steroid dienone is 1. The van der Waals surface area contributed by atoms with Crippen molar-refractivity contribution in [1.82, 2.24) is 14.8 Å². The molecule has 1 aliphatic rings. The molecule has 0 bridgehead atoms. The molecule has 1 unspecified atom stereocenters. The second kappa shape index (κ2) is 6.03. The Balaban J connectivity index is 1.76. The van der Waals surface area contributed by atoms with Crippen LogP contribution in [-0.2, 0) is 0 Å². The number of hydrogen-bond acceptors (Lipinski definition) is 5. The van der Waals surface area contributed by atoms with Gasteiger partial charge in [-0.05, 0) is 41.5 Å². The fourth-order valence-electron chi connectivity index (χ4n) is 2.76. The highest BCUT2D eigenvalue weighted by Gasteiger charge is 2.23. The highest BCUT2D eigenvalue weighted by molar-refractivity contribution is 6.30. The third-order valence-electron chi connectivity index (χ3n) is 4.01. The zero-order valence-electron chi connectivity index (χ0n) is 12.8. The van der Waals surface area contributed by atoms with Gasteiger partial charge in [-0.3, -0.25) is 10.1 Å². The van der Waals surface area contributed by atoms with Crippen molar-refractivity contribution in [3.63, 3.8) is 0 Å². The number of benzene rings is 2. The van der Waals surface area contributed by atoms with E-state index in [1.165, 1.54) is 18.5 Å². The van der Waals surface area contributed by atoms with E-state index in [2.05, 4.69) is 15.4 Å². The van der Waals surface area contributed by atoms with E-state index in [0.29, 0.717) is 11.0 Å². The minimum Gasteiger partial charge on any atom is -0.324 e. The van der Waals surface area contributed by atoms with E-state index in [1.807, 2.05) is 30.3 Å². The van der Waals surface area contributed by atoms with Crippen LogP contribution in [0.15, 0.2) is 60.9 Å². The minimum atomic E-state index is -0.415. The molecule has 0 amide bonds. The van der Waals surface area contributed by atoms with Crippen molar-refractivity contribution < 1.29 is 4.92 Å². The Bertz CT molecular complexity index is 963. The Kier molecular flexibility index (Phi) is 3.70. The summed E-state index contributed by atoms with van der Waals surface area (Å²) < 4.78 is 1.74. The molecule has 0 saturated carbocycles. The van der Waals surface area contributed by atoms with Crippen LogP contribution < -0.4 is 5.32 Å². The lowest BCUT2D eigenvalue weighted by atomic mass is 10.0. The molecule has 1 aliphatic heterocycles. The zero-order valence-corrected chi connectivity index (χ0v) is 13.6. The second-order valence-electron chi connectivity index (χ2n) is 5.53. The third kappa shape index (κ3) is 2.85. The summed E-state index contributed by atoms with van der Waals surface area (Å²) in [4.78, 5) is 14.7. The summed E-state index contributed by atoms with van der Waals surface area (Å²) in [6, 6.07) is 13.7. The van der Waals surface area contributed by atoms with Gasteiger partial charge >= 0.3 is 0 Å². The van der Waals surface area contributed by atoms with Crippen molar-refractivity contribution in [2.45, 2.75) is 6.04 Å². The van der Waals surface area contributed by atoms with Crippen LogP contribution in [0.4, 0.5) is 11.6 Å². The van der Waals surface area contributed by atoms with Gasteiger partial charge in [-0.15, -0.1) is 0 Å². The summed E-state index contributed by atoms with van der Waals surface area (Å²) in [5, 5.41) is 19.0. The van der Waals surface area contributed by atoms with Crippen molar-refractivity contribution in [3.05, 3.63) is 87.2 Å². The fraction of sp³-hybridized carbons (Fsp3) is 0.0588. The molecular weight excluding hydrogens is 342 g/mol. The van der Waals surface area contributed by atoms with Crippen molar-refractivity contribution >= 4 is 28.9 Å². The standard InChI is InChI=1S/C17H12ClN5O2/c18-13-5-1-11(2-6-13)15-9-16(22-17(21-15)19-10-20-22)12-3-7-14(8-4-12)23(24)25/h1-10,16H,(H,19,20,21). The lowest BCUT2D eigenvalue weighted by Crippen LogP contribution is -2.20. The lowest BCUT2D eigenvalue weighted by Gasteiger charge is -2.24. The van der Waals surface area contributed by atoms with Crippen molar-refractivity contribution in [2.75, 3.05) is 5.32 Å². The summed E-state index contributed by atoms with van der Waals surface area (Å²) in [5.41, 5.74) is 2.77. The van der Waals surface area contributed by atoms with Crippen molar-refractivity contribution in [1.29, 1.82) is 0 Å². The molecule has 0 fully saturated rings. The van der Waals surface area contributed by atoms with Gasteiger partial charge in [0.15, 0.2) is 0 Å². The Hall–Kier alpha value is -3.19. The highest BCUT2D eigenvalue weighted by Crippen LogP contribution is 2.32. The number of nitro benzene ring substituents is 1. The van der Waals surface area contributed by atoms with Gasteiger partial charge in [0.2, 0.25) is 5.95 Å². The molecular formula is C17H12ClN5O2. The van der Waals surface area contributed by atoms with E-state index < -0.39 is 4.92 Å². The van der Waals surface area contributed by atoms with Crippen molar-refractivity contribution in [2.24, 2.45) is 0 Å². The van der Waals surface area contributed by atoms with Crippen LogP contribution in [0.1, 0.15) is 17.2 Å². The molecule has 1 aromatic heterocycles. The Morgan fingerprint density at radius 2 is 1.84 bits per heavy atom. The van der Waals surface area contributed by atoms with Crippen LogP contribution in [-0.4, -0.2) is 19.7 Å². The van der Waals surface area contributed by atoms with Gasteiger partial charge < -0.3 is 5.32 Å². The first kappa shape index (κ1) is 15.3. The Morgan fingerprint density at radius 1 is 1.12 bits per heavy atom. The maximum absolute atomic E-state index is 10.9. The molecule has 2 heterocycles. The predicted octanol–water partition coefficient (Wildman–Crippen LogP) is 3.90. The number of nitrogens with zero attached hydrogens (tertiary/aromatic N) is 4. The number of nitro groups is 1. The van der Waals surface area contributed by atoms with E-state index in [0.717, 1.165) is 16.8 Å². The predicted molar refractivity (Wildman–Crippen MR) is 94.3 cm³/mol. The van der Waals surface area contributed by atoms with Gasteiger partial charge in [0, 0.05) is 22.9 Å². The zero-order chi connectivity index (χ0) is 17.4. The van der Waals surface area contributed by atoms with Crippen molar-refractivity contribution in [3.8, 4) is 0 Å². The Labute approximate surface area is 147 Å². The van der Waals surface area contributed by atoms with Crippen LogP contribution in [0, 0.1) is 10.1 Å². The smallest absolute Gasteiger partial charge is 0.269 e. The number of rotatable bonds is 3. The summed E-state index contributed by atoms with van der Waals surface area (Å²) >= 11 is 5.96. The molecule has 0 spiro atoms. The number of non-ortho nitro benzene ring substituents is 1. The molecule has 0 radical (unpaired) electrons. The van der Waals surface area contributed by atoms with Gasteiger partial charge in [0.05, 0.1) is 4.92 Å². The quantitative estimate of drug-likeness (QED) is 0.570. The second-order valence-corrected chi connectivity index (χ2v) is 5.97. The first-order valence-electron chi connectivity index (χ1n) is 7.50. The first-order valence-corrected chi connectivity index (χ1v) is 7.88. The molecule has 8 heteroatoms. The molecule has 124 valence electrons. The summed E-state index contributed by atoms with van der Waals surface area (Å²) in [7, 11) is 0. The third-order valence-corrected chi connectivity index (χ3v) is 4.26. The number of anilines is 1. The van der Waals surface area contributed by atoms with Gasteiger partial charge in [-0.25, -0.2) is 4.68 Å². The monoisotopic (exact) mass is 353 g/mol. The van der Waals surface area contributed by atoms with E-state index in [-0.39, 0.29) is 11.7 Å². The average molecular weight is 354 g/mol. The lowest BCUT2D eigenvalue weighted by molar-refractivity contribution is -0.384. The molecule has 1 atom stereocenters. The van der Waals surface area contributed by atoms with Crippen LogP contribution in [0.5, 0.6) is 0 Å². The van der Waals surface area contributed by atoms with Crippen LogP contribution in [0.25, 0.3) is 5.70 Å². The number of nitrogens with one attached hydrogen (secondary N) is 1. The summed E-state index contributed by atoms with van der Waals surface area (Å²) in [6.07, 6.45) is 3.48. The molecule has 3 aromatic rings. The van der Waals surface area contributed by atoms with Gasteiger partial charge in [0.25, 0.3) is 5.69 Å². The topological polar surface area (TPSA) is 85.9 Å². The van der Waals surface area contributed by atoms with E-state index >= 15 is 0 Å². The number of fused-ring (bicyclic) bond motifs is 1. The van der Waals surface area contributed by atoms with Crippen LogP contribution in [0.3, 0.4) is 0 Å².